The summed E-state index contributed by atoms with van der Waals surface area (Å²) < 4.78 is 0. The number of allylic oxidation sites excluding steroid dienone is 1. The Balaban J connectivity index is 0.000000671. The number of rotatable bonds is 1. The van der Waals surface area contributed by atoms with Crippen LogP contribution in [0.1, 0.15) is 38.8 Å². The molecule has 13 heavy (non-hydrogen) atoms. The molecule has 0 aliphatic carbocycles. The molecule has 0 N–H and O–H groups in total. The minimum Gasteiger partial charge on any atom is -0.0758 e. The zero-order valence-electron chi connectivity index (χ0n) is 9.39. The predicted octanol–water partition coefficient (Wildman–Crippen LogP) is 4.44. The van der Waals surface area contributed by atoms with Gasteiger partial charge in [-0.2, -0.15) is 0 Å². The lowest BCUT2D eigenvalue weighted by Crippen LogP contribution is -1.78. The van der Waals surface area contributed by atoms with Crippen molar-refractivity contribution in [3.05, 3.63) is 41.0 Å². The standard InChI is InChI=1S/C11H14.C2H6/c1-9(2)8-11-7-5-4-6-10(11)3;1-2/h4-8H,1-3H3;1-2H3. The van der Waals surface area contributed by atoms with Crippen molar-refractivity contribution < 1.29 is 0 Å². The molecule has 0 aliphatic heterocycles. The molecular formula is C13H20. The molecule has 0 amide bonds. The largest absolute Gasteiger partial charge is 0.0758 e. The van der Waals surface area contributed by atoms with Gasteiger partial charge in [-0.3, -0.25) is 0 Å². The normalized spacial score (nSPS) is 8.38. The molecule has 0 heteroatoms. The molecule has 0 nitrogen and oxygen atoms in total. The van der Waals surface area contributed by atoms with E-state index < -0.39 is 0 Å². The third kappa shape index (κ3) is 4.51. The summed E-state index contributed by atoms with van der Waals surface area (Å²) in [6.07, 6.45) is 2.20. The minimum atomic E-state index is 1.33. The Morgan fingerprint density at radius 2 is 1.62 bits per heavy atom. The van der Waals surface area contributed by atoms with Crippen LogP contribution in [0.4, 0.5) is 0 Å². The summed E-state index contributed by atoms with van der Waals surface area (Å²) in [5, 5.41) is 0. The fourth-order valence-corrected chi connectivity index (χ4v) is 1.06. The van der Waals surface area contributed by atoms with E-state index in [1.807, 2.05) is 13.8 Å². The maximum Gasteiger partial charge on any atom is -0.0228 e. The smallest absolute Gasteiger partial charge is 0.0228 e. The highest BCUT2D eigenvalue weighted by Gasteiger charge is 1.90. The van der Waals surface area contributed by atoms with Crippen molar-refractivity contribution in [2.75, 3.05) is 0 Å². The Labute approximate surface area is 82.3 Å². The lowest BCUT2D eigenvalue weighted by Gasteiger charge is -1.98. The zero-order chi connectivity index (χ0) is 10.3. The molecule has 0 aromatic heterocycles. The monoisotopic (exact) mass is 176 g/mol. The molecule has 72 valence electrons. The lowest BCUT2D eigenvalue weighted by molar-refractivity contribution is 1.39. The first-order valence-corrected chi connectivity index (χ1v) is 4.90. The first-order chi connectivity index (χ1) is 6.20. The lowest BCUT2D eigenvalue weighted by atomic mass is 10.1. The molecule has 0 spiro atoms. The molecule has 1 aromatic carbocycles. The highest BCUT2D eigenvalue weighted by Crippen LogP contribution is 2.10. The van der Waals surface area contributed by atoms with Crippen LogP contribution in [-0.4, -0.2) is 0 Å². The van der Waals surface area contributed by atoms with Gasteiger partial charge in [-0.05, 0) is 31.9 Å². The third-order valence-corrected chi connectivity index (χ3v) is 1.63. The fourth-order valence-electron chi connectivity index (χ4n) is 1.06. The maximum atomic E-state index is 2.20. The third-order valence-electron chi connectivity index (χ3n) is 1.63. The van der Waals surface area contributed by atoms with Gasteiger partial charge < -0.3 is 0 Å². The van der Waals surface area contributed by atoms with E-state index in [2.05, 4.69) is 51.1 Å². The van der Waals surface area contributed by atoms with Gasteiger partial charge in [0.25, 0.3) is 0 Å². The summed E-state index contributed by atoms with van der Waals surface area (Å²) >= 11 is 0. The molecule has 0 unspecified atom stereocenters. The van der Waals surface area contributed by atoms with Gasteiger partial charge in [0.15, 0.2) is 0 Å². The van der Waals surface area contributed by atoms with E-state index in [0.717, 1.165) is 0 Å². The summed E-state index contributed by atoms with van der Waals surface area (Å²) in [4.78, 5) is 0. The Kier molecular flexibility index (Phi) is 5.96. The van der Waals surface area contributed by atoms with E-state index in [-0.39, 0.29) is 0 Å². The second kappa shape index (κ2) is 6.47. The van der Waals surface area contributed by atoms with Gasteiger partial charge in [0.2, 0.25) is 0 Å². The van der Waals surface area contributed by atoms with E-state index in [4.69, 9.17) is 0 Å². The summed E-state index contributed by atoms with van der Waals surface area (Å²) in [5.41, 5.74) is 4.01. The Bertz CT molecular complexity index is 265. The van der Waals surface area contributed by atoms with Gasteiger partial charge in [0.1, 0.15) is 0 Å². The van der Waals surface area contributed by atoms with E-state index in [1.54, 1.807) is 0 Å². The second-order valence-corrected chi connectivity index (χ2v) is 3.08. The molecular weight excluding hydrogens is 156 g/mol. The van der Waals surface area contributed by atoms with Crippen LogP contribution in [-0.2, 0) is 0 Å². The maximum absolute atomic E-state index is 2.20. The predicted molar refractivity (Wildman–Crippen MR) is 61.9 cm³/mol. The summed E-state index contributed by atoms with van der Waals surface area (Å²) in [5.74, 6) is 0. The Hall–Kier alpha value is -1.04. The van der Waals surface area contributed by atoms with Gasteiger partial charge in [0, 0.05) is 0 Å². The number of hydrogen-bond acceptors (Lipinski definition) is 0. The second-order valence-electron chi connectivity index (χ2n) is 3.08. The summed E-state index contributed by atoms with van der Waals surface area (Å²) in [6, 6.07) is 8.41. The number of aryl methyl sites for hydroxylation is 1. The van der Waals surface area contributed by atoms with Crippen molar-refractivity contribution in [2.24, 2.45) is 0 Å². The fraction of sp³-hybridized carbons (Fsp3) is 0.385. The van der Waals surface area contributed by atoms with Crippen molar-refractivity contribution in [3.63, 3.8) is 0 Å². The summed E-state index contributed by atoms with van der Waals surface area (Å²) in [7, 11) is 0. The van der Waals surface area contributed by atoms with Gasteiger partial charge in [0.05, 0.1) is 0 Å². The SMILES string of the molecule is CC.CC(C)=Cc1ccccc1C. The van der Waals surface area contributed by atoms with Crippen molar-refractivity contribution in [1.29, 1.82) is 0 Å². The van der Waals surface area contributed by atoms with Crippen molar-refractivity contribution in [2.45, 2.75) is 34.6 Å². The minimum absolute atomic E-state index is 1.33. The van der Waals surface area contributed by atoms with E-state index in [0.29, 0.717) is 0 Å². The van der Waals surface area contributed by atoms with E-state index in [1.165, 1.54) is 16.7 Å². The topological polar surface area (TPSA) is 0 Å². The first-order valence-electron chi connectivity index (χ1n) is 4.90. The molecule has 0 fully saturated rings. The van der Waals surface area contributed by atoms with Crippen LogP contribution in [0.2, 0.25) is 0 Å². The molecule has 0 aliphatic rings. The van der Waals surface area contributed by atoms with Crippen LogP contribution in [0.3, 0.4) is 0 Å². The molecule has 0 bridgehead atoms. The van der Waals surface area contributed by atoms with Crippen LogP contribution in [0.5, 0.6) is 0 Å². The van der Waals surface area contributed by atoms with Crippen molar-refractivity contribution >= 4 is 6.08 Å². The molecule has 1 aromatic rings. The van der Waals surface area contributed by atoms with E-state index >= 15 is 0 Å². The zero-order valence-corrected chi connectivity index (χ0v) is 9.39. The number of benzene rings is 1. The average molecular weight is 176 g/mol. The Morgan fingerprint density at radius 1 is 1.08 bits per heavy atom. The van der Waals surface area contributed by atoms with Crippen LogP contribution >= 0.6 is 0 Å². The number of hydrogen-bond donors (Lipinski definition) is 0. The molecule has 0 saturated carbocycles. The molecule has 0 saturated heterocycles. The van der Waals surface area contributed by atoms with Crippen molar-refractivity contribution in [3.8, 4) is 0 Å². The average Bonchev–Trinajstić information content (AvgIpc) is 2.12. The van der Waals surface area contributed by atoms with Crippen LogP contribution in [0, 0.1) is 6.92 Å². The highest BCUT2D eigenvalue weighted by molar-refractivity contribution is 5.55. The molecule has 0 radical (unpaired) electrons. The van der Waals surface area contributed by atoms with Crippen molar-refractivity contribution in [1.82, 2.24) is 0 Å². The van der Waals surface area contributed by atoms with E-state index in [9.17, 15) is 0 Å². The first kappa shape index (κ1) is 12.0. The highest BCUT2D eigenvalue weighted by atomic mass is 14.0. The van der Waals surface area contributed by atoms with Gasteiger partial charge in [-0.25, -0.2) is 0 Å². The summed E-state index contributed by atoms with van der Waals surface area (Å²) in [6.45, 7) is 10.4. The quantitative estimate of drug-likeness (QED) is 0.593. The Morgan fingerprint density at radius 3 is 2.08 bits per heavy atom. The van der Waals surface area contributed by atoms with Gasteiger partial charge in [-0.1, -0.05) is 49.8 Å². The van der Waals surface area contributed by atoms with Crippen LogP contribution in [0.15, 0.2) is 29.8 Å². The van der Waals surface area contributed by atoms with Gasteiger partial charge >= 0.3 is 0 Å². The van der Waals surface area contributed by atoms with Crippen LogP contribution in [0.25, 0.3) is 6.08 Å². The molecule has 0 atom stereocenters. The van der Waals surface area contributed by atoms with Crippen LogP contribution < -0.4 is 0 Å². The molecule has 1 rings (SSSR count). The van der Waals surface area contributed by atoms with Gasteiger partial charge in [-0.15, -0.1) is 0 Å². The molecule has 0 heterocycles.